The Kier molecular flexibility index (Phi) is 3.67. The summed E-state index contributed by atoms with van der Waals surface area (Å²) in [6, 6.07) is 6.18. The summed E-state index contributed by atoms with van der Waals surface area (Å²) in [5.74, 6) is 1.75. The lowest BCUT2D eigenvalue weighted by molar-refractivity contribution is 0.416. The number of methoxy groups -OCH3 is 1. The number of rotatable bonds is 4. The van der Waals surface area contributed by atoms with E-state index in [0.717, 1.165) is 29.3 Å². The van der Waals surface area contributed by atoms with Crippen LogP contribution in [0.25, 0.3) is 11.3 Å². The molecule has 18 heavy (non-hydrogen) atoms. The van der Waals surface area contributed by atoms with Crippen LogP contribution in [-0.2, 0) is 6.42 Å². The van der Waals surface area contributed by atoms with E-state index in [-0.39, 0.29) is 6.04 Å². The van der Waals surface area contributed by atoms with Gasteiger partial charge in [0.1, 0.15) is 11.6 Å². The Morgan fingerprint density at radius 3 is 2.89 bits per heavy atom. The second-order valence-electron chi connectivity index (χ2n) is 4.63. The molecule has 4 heteroatoms. The first-order chi connectivity index (χ1) is 8.60. The molecule has 1 heterocycles. The molecule has 2 aromatic rings. The zero-order valence-corrected chi connectivity index (χ0v) is 11.0. The third-order valence-electron chi connectivity index (χ3n) is 2.79. The van der Waals surface area contributed by atoms with Crippen LogP contribution < -0.4 is 10.5 Å². The normalized spacial score (nSPS) is 12.4. The molecule has 0 spiro atoms. The van der Waals surface area contributed by atoms with Gasteiger partial charge in [-0.2, -0.15) is 0 Å². The lowest BCUT2D eigenvalue weighted by atomic mass is 10.1. The van der Waals surface area contributed by atoms with Crippen molar-refractivity contribution in [3.05, 3.63) is 35.8 Å². The van der Waals surface area contributed by atoms with Gasteiger partial charge in [-0.15, -0.1) is 0 Å². The van der Waals surface area contributed by atoms with E-state index in [4.69, 9.17) is 10.5 Å². The van der Waals surface area contributed by atoms with Gasteiger partial charge in [-0.3, -0.25) is 0 Å². The number of aromatic nitrogens is 2. The Bertz CT molecular complexity index is 532. The van der Waals surface area contributed by atoms with Crippen LogP contribution in [0, 0.1) is 6.92 Å². The number of ether oxygens (including phenoxy) is 1. The highest BCUT2D eigenvalue weighted by atomic mass is 16.5. The summed E-state index contributed by atoms with van der Waals surface area (Å²) in [6.45, 7) is 4.03. The fourth-order valence-electron chi connectivity index (χ4n) is 1.94. The van der Waals surface area contributed by atoms with Crippen molar-refractivity contribution in [2.75, 3.05) is 7.11 Å². The number of nitrogens with one attached hydrogen (secondary N) is 1. The molecule has 1 unspecified atom stereocenters. The molecule has 0 aliphatic rings. The minimum absolute atomic E-state index is 0.100. The number of imidazole rings is 1. The fourth-order valence-corrected chi connectivity index (χ4v) is 1.94. The summed E-state index contributed by atoms with van der Waals surface area (Å²) in [7, 11) is 1.67. The maximum Gasteiger partial charge on any atom is 0.128 e. The van der Waals surface area contributed by atoms with E-state index in [2.05, 4.69) is 23.0 Å². The van der Waals surface area contributed by atoms with E-state index in [1.54, 1.807) is 7.11 Å². The van der Waals surface area contributed by atoms with E-state index in [1.807, 2.05) is 25.3 Å². The van der Waals surface area contributed by atoms with Gasteiger partial charge in [-0.25, -0.2) is 4.98 Å². The van der Waals surface area contributed by atoms with Crippen molar-refractivity contribution in [2.45, 2.75) is 26.3 Å². The van der Waals surface area contributed by atoms with Gasteiger partial charge >= 0.3 is 0 Å². The summed E-state index contributed by atoms with van der Waals surface area (Å²) in [5, 5.41) is 0. The van der Waals surface area contributed by atoms with Gasteiger partial charge in [0.2, 0.25) is 0 Å². The van der Waals surface area contributed by atoms with E-state index < -0.39 is 0 Å². The predicted molar refractivity (Wildman–Crippen MR) is 72.7 cm³/mol. The molecule has 0 aliphatic carbocycles. The zero-order chi connectivity index (χ0) is 13.1. The SMILES string of the molecule is COc1ccc(C)cc1-c1cnc(CC(C)N)[nH]1. The first-order valence-electron chi connectivity index (χ1n) is 6.04. The molecule has 1 aromatic heterocycles. The molecule has 0 saturated heterocycles. The number of nitrogens with zero attached hydrogens (tertiary/aromatic N) is 1. The second kappa shape index (κ2) is 5.23. The van der Waals surface area contributed by atoms with Gasteiger partial charge in [0.25, 0.3) is 0 Å². The van der Waals surface area contributed by atoms with E-state index in [1.165, 1.54) is 5.56 Å². The number of benzene rings is 1. The minimum atomic E-state index is 0.100. The molecule has 0 bridgehead atoms. The van der Waals surface area contributed by atoms with Gasteiger partial charge in [0.15, 0.2) is 0 Å². The Balaban J connectivity index is 2.36. The first-order valence-corrected chi connectivity index (χ1v) is 6.04. The van der Waals surface area contributed by atoms with E-state index in [9.17, 15) is 0 Å². The maximum absolute atomic E-state index is 5.77. The van der Waals surface area contributed by atoms with Crippen LogP contribution >= 0.6 is 0 Å². The predicted octanol–water partition coefficient (Wildman–Crippen LogP) is 2.28. The molecule has 2 rings (SSSR count). The molecule has 1 atom stereocenters. The fraction of sp³-hybridized carbons (Fsp3) is 0.357. The van der Waals surface area contributed by atoms with E-state index >= 15 is 0 Å². The van der Waals surface area contributed by atoms with Crippen LogP contribution in [0.5, 0.6) is 5.75 Å². The van der Waals surface area contributed by atoms with Crippen LogP contribution in [0.3, 0.4) is 0 Å². The Morgan fingerprint density at radius 1 is 1.44 bits per heavy atom. The molecule has 1 aromatic carbocycles. The standard InChI is InChI=1S/C14H19N3O/c1-9-4-5-13(18-3)11(6-9)12-8-16-14(17-12)7-10(2)15/h4-6,8,10H,7,15H2,1-3H3,(H,16,17). The second-order valence-corrected chi connectivity index (χ2v) is 4.63. The van der Waals surface area contributed by atoms with E-state index in [0.29, 0.717) is 0 Å². The third kappa shape index (κ3) is 2.71. The van der Waals surface area contributed by atoms with Crippen molar-refractivity contribution in [1.29, 1.82) is 0 Å². The highest BCUT2D eigenvalue weighted by Gasteiger charge is 2.10. The van der Waals surface area contributed by atoms with Crippen molar-refractivity contribution in [2.24, 2.45) is 5.73 Å². The number of nitrogens with two attached hydrogens (primary N) is 1. The summed E-state index contributed by atoms with van der Waals surface area (Å²) >= 11 is 0. The topological polar surface area (TPSA) is 63.9 Å². The number of aromatic amines is 1. The molecule has 4 nitrogen and oxygen atoms in total. The van der Waals surface area contributed by atoms with Gasteiger partial charge in [0, 0.05) is 18.0 Å². The Hall–Kier alpha value is -1.81. The van der Waals surface area contributed by atoms with Gasteiger partial charge in [-0.05, 0) is 26.0 Å². The summed E-state index contributed by atoms with van der Waals surface area (Å²) in [4.78, 5) is 7.64. The molecule has 0 fully saturated rings. The summed E-state index contributed by atoms with van der Waals surface area (Å²) in [5.41, 5.74) is 8.95. The minimum Gasteiger partial charge on any atom is -0.496 e. The number of hydrogen-bond donors (Lipinski definition) is 2. The molecule has 96 valence electrons. The first kappa shape index (κ1) is 12.6. The largest absolute Gasteiger partial charge is 0.496 e. The Morgan fingerprint density at radius 2 is 2.22 bits per heavy atom. The van der Waals surface area contributed by atoms with Crippen LogP contribution in [0.1, 0.15) is 18.3 Å². The average molecular weight is 245 g/mol. The molecular weight excluding hydrogens is 226 g/mol. The molecular formula is C14H19N3O. The smallest absolute Gasteiger partial charge is 0.128 e. The summed E-state index contributed by atoms with van der Waals surface area (Å²) in [6.07, 6.45) is 2.57. The van der Waals surface area contributed by atoms with Crippen LogP contribution in [0.4, 0.5) is 0 Å². The lowest BCUT2D eigenvalue weighted by Crippen LogP contribution is -2.18. The number of aryl methyl sites for hydroxylation is 1. The van der Waals surface area contributed by atoms with Gasteiger partial charge < -0.3 is 15.5 Å². The molecule has 0 aliphatic heterocycles. The third-order valence-corrected chi connectivity index (χ3v) is 2.79. The lowest BCUT2D eigenvalue weighted by Gasteiger charge is -2.07. The monoisotopic (exact) mass is 245 g/mol. The van der Waals surface area contributed by atoms with Crippen molar-refractivity contribution in [3.63, 3.8) is 0 Å². The highest BCUT2D eigenvalue weighted by molar-refractivity contribution is 5.67. The van der Waals surface area contributed by atoms with Crippen molar-refractivity contribution in [1.82, 2.24) is 9.97 Å². The summed E-state index contributed by atoms with van der Waals surface area (Å²) < 4.78 is 5.37. The van der Waals surface area contributed by atoms with Crippen LogP contribution in [0.15, 0.2) is 24.4 Å². The average Bonchev–Trinajstić information content (AvgIpc) is 2.76. The van der Waals surface area contributed by atoms with Gasteiger partial charge in [-0.1, -0.05) is 11.6 Å². The van der Waals surface area contributed by atoms with Crippen LogP contribution in [0.2, 0.25) is 0 Å². The van der Waals surface area contributed by atoms with Crippen molar-refractivity contribution < 1.29 is 4.74 Å². The van der Waals surface area contributed by atoms with Gasteiger partial charge in [0.05, 0.1) is 19.0 Å². The number of hydrogen-bond acceptors (Lipinski definition) is 3. The quantitative estimate of drug-likeness (QED) is 0.868. The number of H-pyrrole nitrogens is 1. The maximum atomic E-state index is 5.77. The molecule has 0 saturated carbocycles. The van der Waals surface area contributed by atoms with Crippen molar-refractivity contribution in [3.8, 4) is 17.0 Å². The molecule has 0 radical (unpaired) electrons. The molecule has 0 amide bonds. The molecule has 3 N–H and O–H groups in total. The zero-order valence-electron chi connectivity index (χ0n) is 11.0. The highest BCUT2D eigenvalue weighted by Crippen LogP contribution is 2.29. The Labute approximate surface area is 107 Å². The van der Waals surface area contributed by atoms with Crippen molar-refractivity contribution >= 4 is 0 Å². The van der Waals surface area contributed by atoms with Crippen LogP contribution in [-0.4, -0.2) is 23.1 Å².